The molecular weight excluding hydrogens is 232 g/mol. The lowest BCUT2D eigenvalue weighted by Crippen LogP contribution is -2.33. The highest BCUT2D eigenvalue weighted by Crippen LogP contribution is 2.05. The van der Waals surface area contributed by atoms with Crippen molar-refractivity contribution in [2.45, 2.75) is 6.42 Å². The highest BCUT2D eigenvalue weighted by atomic mass is 16.5. The summed E-state index contributed by atoms with van der Waals surface area (Å²) in [4.78, 5) is 22.4. The van der Waals surface area contributed by atoms with Crippen molar-refractivity contribution < 1.29 is 14.3 Å². The van der Waals surface area contributed by atoms with E-state index >= 15 is 0 Å². The van der Waals surface area contributed by atoms with E-state index in [4.69, 9.17) is 0 Å². The van der Waals surface area contributed by atoms with Gasteiger partial charge in [-0.25, -0.2) is 4.79 Å². The van der Waals surface area contributed by atoms with Gasteiger partial charge in [0.1, 0.15) is 0 Å². The van der Waals surface area contributed by atoms with Crippen LogP contribution in [-0.2, 0) is 16.0 Å². The Balaban J connectivity index is 2.40. The summed E-state index contributed by atoms with van der Waals surface area (Å²) in [6.07, 6.45) is 0.733. The average Bonchev–Trinajstić information content (AvgIpc) is 2.39. The SMILES string of the molecule is CNCC(=O)NCCc1ccc(C(=O)OC)cc1. The maximum Gasteiger partial charge on any atom is 0.337 e. The van der Waals surface area contributed by atoms with E-state index in [-0.39, 0.29) is 11.9 Å². The second-order valence-corrected chi connectivity index (χ2v) is 3.82. The van der Waals surface area contributed by atoms with E-state index in [9.17, 15) is 9.59 Å². The van der Waals surface area contributed by atoms with Crippen molar-refractivity contribution in [1.82, 2.24) is 10.6 Å². The maximum absolute atomic E-state index is 11.2. The van der Waals surface area contributed by atoms with Gasteiger partial charge in [-0.3, -0.25) is 4.79 Å². The molecule has 0 aliphatic rings. The van der Waals surface area contributed by atoms with Gasteiger partial charge in [-0.2, -0.15) is 0 Å². The highest BCUT2D eigenvalue weighted by molar-refractivity contribution is 5.89. The van der Waals surface area contributed by atoms with E-state index < -0.39 is 0 Å². The van der Waals surface area contributed by atoms with Gasteiger partial charge in [-0.15, -0.1) is 0 Å². The first-order valence-corrected chi connectivity index (χ1v) is 5.76. The standard InChI is InChI=1S/C13H18N2O3/c1-14-9-12(16)15-8-7-10-3-5-11(6-4-10)13(17)18-2/h3-6,14H,7-9H2,1-2H3,(H,15,16). The Morgan fingerprint density at radius 2 is 1.89 bits per heavy atom. The molecule has 1 amide bonds. The van der Waals surface area contributed by atoms with Crippen LogP contribution >= 0.6 is 0 Å². The molecule has 0 aromatic heterocycles. The number of hydrogen-bond donors (Lipinski definition) is 2. The molecule has 0 spiro atoms. The van der Waals surface area contributed by atoms with Crippen LogP contribution in [0.5, 0.6) is 0 Å². The average molecular weight is 250 g/mol. The van der Waals surface area contributed by atoms with Gasteiger partial charge in [0, 0.05) is 6.54 Å². The molecule has 0 saturated carbocycles. The molecule has 1 aromatic carbocycles. The summed E-state index contributed by atoms with van der Waals surface area (Å²) in [6, 6.07) is 7.15. The van der Waals surface area contributed by atoms with Crippen LogP contribution < -0.4 is 10.6 Å². The summed E-state index contributed by atoms with van der Waals surface area (Å²) in [5.74, 6) is -0.368. The third-order valence-electron chi connectivity index (χ3n) is 2.45. The molecule has 5 nitrogen and oxygen atoms in total. The largest absolute Gasteiger partial charge is 0.465 e. The first kappa shape index (κ1) is 14.2. The Morgan fingerprint density at radius 1 is 1.22 bits per heavy atom. The van der Waals surface area contributed by atoms with Crippen molar-refractivity contribution in [2.24, 2.45) is 0 Å². The normalized spacial score (nSPS) is 9.89. The van der Waals surface area contributed by atoms with Crippen LogP contribution in [0, 0.1) is 0 Å². The lowest BCUT2D eigenvalue weighted by atomic mass is 10.1. The molecule has 0 fully saturated rings. The number of nitrogens with one attached hydrogen (secondary N) is 2. The van der Waals surface area contributed by atoms with Crippen molar-refractivity contribution >= 4 is 11.9 Å². The number of carbonyl (C=O) groups is 2. The molecule has 0 aliphatic carbocycles. The minimum atomic E-state index is -0.344. The summed E-state index contributed by atoms with van der Waals surface area (Å²) < 4.78 is 4.61. The molecule has 0 radical (unpaired) electrons. The maximum atomic E-state index is 11.2. The lowest BCUT2D eigenvalue weighted by molar-refractivity contribution is -0.120. The molecule has 18 heavy (non-hydrogen) atoms. The predicted molar refractivity (Wildman–Crippen MR) is 68.4 cm³/mol. The van der Waals surface area contributed by atoms with Crippen LogP contribution in [0.1, 0.15) is 15.9 Å². The van der Waals surface area contributed by atoms with Crippen molar-refractivity contribution in [3.05, 3.63) is 35.4 Å². The molecule has 0 saturated heterocycles. The minimum absolute atomic E-state index is 0.0244. The van der Waals surface area contributed by atoms with E-state index in [2.05, 4.69) is 15.4 Å². The summed E-state index contributed by atoms with van der Waals surface area (Å²) in [7, 11) is 3.08. The van der Waals surface area contributed by atoms with Crippen molar-refractivity contribution in [2.75, 3.05) is 27.2 Å². The zero-order chi connectivity index (χ0) is 13.4. The van der Waals surface area contributed by atoms with Gasteiger partial charge < -0.3 is 15.4 Å². The molecule has 0 bridgehead atoms. The smallest absolute Gasteiger partial charge is 0.337 e. The Hall–Kier alpha value is -1.88. The molecule has 0 atom stereocenters. The lowest BCUT2D eigenvalue weighted by Gasteiger charge is -2.05. The number of esters is 1. The molecular formula is C13H18N2O3. The molecule has 0 aliphatic heterocycles. The van der Waals surface area contributed by atoms with Crippen LogP contribution in [0.2, 0.25) is 0 Å². The van der Waals surface area contributed by atoms with Crippen molar-refractivity contribution in [3.63, 3.8) is 0 Å². The van der Waals surface area contributed by atoms with E-state index in [0.29, 0.717) is 18.7 Å². The Kier molecular flexibility index (Phi) is 5.87. The van der Waals surface area contributed by atoms with Gasteiger partial charge in [-0.1, -0.05) is 12.1 Å². The molecule has 0 unspecified atom stereocenters. The fourth-order valence-corrected chi connectivity index (χ4v) is 1.49. The zero-order valence-electron chi connectivity index (χ0n) is 10.7. The van der Waals surface area contributed by atoms with Gasteiger partial charge in [0.15, 0.2) is 0 Å². The second-order valence-electron chi connectivity index (χ2n) is 3.82. The first-order valence-electron chi connectivity index (χ1n) is 5.76. The van der Waals surface area contributed by atoms with Crippen LogP contribution in [0.15, 0.2) is 24.3 Å². The molecule has 98 valence electrons. The summed E-state index contributed by atoms with van der Waals surface area (Å²) in [5.41, 5.74) is 1.59. The van der Waals surface area contributed by atoms with E-state index in [1.54, 1.807) is 19.2 Å². The Labute approximate surface area is 107 Å². The predicted octanol–water partition coefficient (Wildman–Crippen LogP) is 0.351. The van der Waals surface area contributed by atoms with Gasteiger partial charge in [0.2, 0.25) is 5.91 Å². The number of hydrogen-bond acceptors (Lipinski definition) is 4. The molecule has 2 N–H and O–H groups in total. The van der Waals surface area contributed by atoms with Gasteiger partial charge in [0.05, 0.1) is 19.2 Å². The number of methoxy groups -OCH3 is 1. The number of likely N-dealkylation sites (N-methyl/N-ethyl adjacent to an activating group) is 1. The van der Waals surface area contributed by atoms with Gasteiger partial charge in [0.25, 0.3) is 0 Å². The second kappa shape index (κ2) is 7.45. The molecule has 1 rings (SSSR count). The topological polar surface area (TPSA) is 67.4 Å². The van der Waals surface area contributed by atoms with Crippen LogP contribution in [0.3, 0.4) is 0 Å². The number of benzene rings is 1. The van der Waals surface area contributed by atoms with Gasteiger partial charge >= 0.3 is 5.97 Å². The van der Waals surface area contributed by atoms with Crippen LogP contribution in [0.4, 0.5) is 0 Å². The summed E-state index contributed by atoms with van der Waals surface area (Å²) in [5, 5.41) is 5.57. The quantitative estimate of drug-likeness (QED) is 0.715. The minimum Gasteiger partial charge on any atom is -0.465 e. The molecule has 1 aromatic rings. The fraction of sp³-hybridized carbons (Fsp3) is 0.385. The summed E-state index contributed by atoms with van der Waals surface area (Å²) >= 11 is 0. The number of carbonyl (C=O) groups excluding carboxylic acids is 2. The fourth-order valence-electron chi connectivity index (χ4n) is 1.49. The third kappa shape index (κ3) is 4.55. The number of ether oxygens (including phenoxy) is 1. The third-order valence-corrected chi connectivity index (χ3v) is 2.45. The zero-order valence-corrected chi connectivity index (χ0v) is 10.7. The number of rotatable bonds is 6. The van der Waals surface area contributed by atoms with E-state index in [1.807, 2.05) is 12.1 Å². The van der Waals surface area contributed by atoms with Crippen LogP contribution in [-0.4, -0.2) is 39.1 Å². The van der Waals surface area contributed by atoms with E-state index in [0.717, 1.165) is 12.0 Å². The Morgan fingerprint density at radius 3 is 2.44 bits per heavy atom. The van der Waals surface area contributed by atoms with Gasteiger partial charge in [-0.05, 0) is 31.2 Å². The highest BCUT2D eigenvalue weighted by Gasteiger charge is 2.04. The van der Waals surface area contributed by atoms with Crippen LogP contribution in [0.25, 0.3) is 0 Å². The van der Waals surface area contributed by atoms with E-state index in [1.165, 1.54) is 7.11 Å². The Bertz CT molecular complexity index is 401. The summed E-state index contributed by atoms with van der Waals surface area (Å²) in [6.45, 7) is 0.902. The molecule has 5 heteroatoms. The molecule has 0 heterocycles. The number of amides is 1. The monoisotopic (exact) mass is 250 g/mol. The first-order chi connectivity index (χ1) is 8.67. The van der Waals surface area contributed by atoms with Crippen molar-refractivity contribution in [1.29, 1.82) is 0 Å². The van der Waals surface area contributed by atoms with Crippen molar-refractivity contribution in [3.8, 4) is 0 Å².